The number of benzene rings is 1. The van der Waals surface area contributed by atoms with Crippen LogP contribution >= 0.6 is 11.6 Å². The van der Waals surface area contributed by atoms with Crippen LogP contribution in [0.4, 0.5) is 5.82 Å². The Bertz CT molecular complexity index is 869. The Labute approximate surface area is 191 Å². The van der Waals surface area contributed by atoms with Gasteiger partial charge in [0.25, 0.3) is 0 Å². The number of anilines is 1. The van der Waals surface area contributed by atoms with Crippen LogP contribution in [0.1, 0.15) is 36.9 Å². The minimum atomic E-state index is 0.349. The zero-order valence-electron chi connectivity index (χ0n) is 19.1. The van der Waals surface area contributed by atoms with E-state index in [-0.39, 0.29) is 0 Å². The van der Waals surface area contributed by atoms with E-state index in [1.165, 1.54) is 18.4 Å². The number of pyridine rings is 1. The second-order valence-corrected chi connectivity index (χ2v) is 8.78. The molecule has 0 amide bonds. The highest BCUT2D eigenvalue weighted by Gasteiger charge is 2.30. The summed E-state index contributed by atoms with van der Waals surface area (Å²) in [5, 5.41) is 7.77. The third-order valence-electron chi connectivity index (χ3n) is 5.77. The zero-order chi connectivity index (χ0) is 22.2. The molecule has 0 aliphatic carbocycles. The van der Waals surface area contributed by atoms with Crippen molar-refractivity contribution in [3.63, 3.8) is 0 Å². The highest BCUT2D eigenvalue weighted by atomic mass is 35.5. The summed E-state index contributed by atoms with van der Waals surface area (Å²) in [6.45, 7) is 5.47. The molecule has 0 bridgehead atoms. The molecule has 1 aromatic heterocycles. The molecule has 0 saturated carbocycles. The van der Waals surface area contributed by atoms with E-state index in [4.69, 9.17) is 16.6 Å². The van der Waals surface area contributed by atoms with Gasteiger partial charge in [-0.25, -0.2) is 9.98 Å². The van der Waals surface area contributed by atoms with E-state index >= 15 is 0 Å². The number of aliphatic imine (C=N–C) groups is 1. The summed E-state index contributed by atoms with van der Waals surface area (Å²) in [6, 6.07) is 12.7. The van der Waals surface area contributed by atoms with Gasteiger partial charge in [0.2, 0.25) is 0 Å². The lowest BCUT2D eigenvalue weighted by molar-refractivity contribution is 0.122. The quantitative estimate of drug-likeness (QED) is 0.502. The van der Waals surface area contributed by atoms with Crippen LogP contribution in [-0.2, 0) is 6.54 Å². The maximum atomic E-state index is 6.29. The molecule has 7 heteroatoms. The van der Waals surface area contributed by atoms with Crippen LogP contribution in [0.3, 0.4) is 0 Å². The third kappa shape index (κ3) is 6.34. The molecule has 2 aromatic rings. The lowest BCUT2D eigenvalue weighted by atomic mass is 9.85. The predicted molar refractivity (Wildman–Crippen MR) is 131 cm³/mol. The summed E-state index contributed by atoms with van der Waals surface area (Å²) < 4.78 is 0. The van der Waals surface area contributed by atoms with Gasteiger partial charge >= 0.3 is 0 Å². The van der Waals surface area contributed by atoms with Crippen molar-refractivity contribution in [2.24, 2.45) is 10.9 Å². The Morgan fingerprint density at radius 1 is 1.26 bits per heavy atom. The summed E-state index contributed by atoms with van der Waals surface area (Å²) >= 11 is 6.29. The normalized spacial score (nSPS) is 19.8. The first kappa shape index (κ1) is 23.4. The average Bonchev–Trinajstić information content (AvgIpc) is 2.75. The Kier molecular flexibility index (Phi) is 8.55. The second kappa shape index (κ2) is 11.3. The first-order valence-electron chi connectivity index (χ1n) is 11.1. The predicted octanol–water partition coefficient (Wildman–Crippen LogP) is 3.94. The number of hydrogen-bond acceptors (Lipinski definition) is 4. The molecule has 1 saturated heterocycles. The van der Waals surface area contributed by atoms with Gasteiger partial charge in [-0.15, -0.1) is 0 Å². The molecule has 1 fully saturated rings. The van der Waals surface area contributed by atoms with Gasteiger partial charge in [0.05, 0.1) is 6.54 Å². The van der Waals surface area contributed by atoms with Crippen molar-refractivity contribution in [3.05, 3.63) is 58.7 Å². The number of guanidine groups is 1. The first-order chi connectivity index (χ1) is 15.0. The molecule has 168 valence electrons. The number of hydrogen-bond donors (Lipinski definition) is 2. The van der Waals surface area contributed by atoms with Crippen LogP contribution in [0.5, 0.6) is 0 Å². The minimum Gasteiger partial charge on any atom is -0.362 e. The van der Waals surface area contributed by atoms with Crippen LogP contribution < -0.4 is 15.5 Å². The summed E-state index contributed by atoms with van der Waals surface area (Å²) in [5.74, 6) is 2.28. The Morgan fingerprint density at radius 2 is 2.10 bits per heavy atom. The SMILES string of the molecule is CCNC(=NCc1cccnc1N(C)C)NCC1CCCN(C)C1c1cccc(Cl)c1. The van der Waals surface area contributed by atoms with Gasteiger partial charge in [-0.05, 0) is 63.0 Å². The van der Waals surface area contributed by atoms with E-state index in [1.54, 1.807) is 0 Å². The molecular formula is C24H35ClN6. The molecule has 31 heavy (non-hydrogen) atoms. The highest BCUT2D eigenvalue weighted by molar-refractivity contribution is 6.30. The minimum absolute atomic E-state index is 0.349. The number of halogens is 1. The number of piperidine rings is 1. The van der Waals surface area contributed by atoms with Crippen molar-refractivity contribution in [3.8, 4) is 0 Å². The van der Waals surface area contributed by atoms with Crippen molar-refractivity contribution in [2.45, 2.75) is 32.4 Å². The van der Waals surface area contributed by atoms with Crippen LogP contribution in [0.15, 0.2) is 47.6 Å². The Balaban J connectivity index is 1.71. The molecular weight excluding hydrogens is 408 g/mol. The van der Waals surface area contributed by atoms with E-state index < -0.39 is 0 Å². The molecule has 6 nitrogen and oxygen atoms in total. The van der Waals surface area contributed by atoms with E-state index in [0.717, 1.165) is 42.0 Å². The maximum absolute atomic E-state index is 6.29. The summed E-state index contributed by atoms with van der Waals surface area (Å²) in [5.41, 5.74) is 2.40. The zero-order valence-corrected chi connectivity index (χ0v) is 19.9. The van der Waals surface area contributed by atoms with E-state index in [2.05, 4.69) is 52.7 Å². The van der Waals surface area contributed by atoms with Crippen LogP contribution in [0.2, 0.25) is 5.02 Å². The summed E-state index contributed by atoms with van der Waals surface area (Å²) in [6.07, 6.45) is 4.21. The van der Waals surface area contributed by atoms with E-state index in [9.17, 15) is 0 Å². The van der Waals surface area contributed by atoms with Gasteiger partial charge in [0.15, 0.2) is 5.96 Å². The van der Waals surface area contributed by atoms with Crippen molar-refractivity contribution in [2.75, 3.05) is 45.7 Å². The molecule has 2 heterocycles. The fraction of sp³-hybridized carbons (Fsp3) is 0.500. The second-order valence-electron chi connectivity index (χ2n) is 8.34. The Hall–Kier alpha value is -2.31. The average molecular weight is 443 g/mol. The number of rotatable bonds is 7. The highest BCUT2D eigenvalue weighted by Crippen LogP contribution is 2.35. The molecule has 1 aliphatic rings. The van der Waals surface area contributed by atoms with Gasteiger partial charge in [-0.3, -0.25) is 4.90 Å². The largest absolute Gasteiger partial charge is 0.362 e. The smallest absolute Gasteiger partial charge is 0.191 e. The van der Waals surface area contributed by atoms with Crippen molar-refractivity contribution in [1.82, 2.24) is 20.5 Å². The maximum Gasteiger partial charge on any atom is 0.191 e. The van der Waals surface area contributed by atoms with E-state index in [1.807, 2.05) is 43.4 Å². The monoisotopic (exact) mass is 442 g/mol. The molecule has 0 spiro atoms. The standard InChI is InChI=1S/C24H35ClN6/c1-5-26-24(29-17-20-10-7-13-27-23(20)30(2)3)28-16-19-11-8-14-31(4)22(19)18-9-6-12-21(25)15-18/h6-7,9-10,12-13,15,19,22H,5,8,11,14,16-17H2,1-4H3,(H2,26,28,29). The summed E-state index contributed by atoms with van der Waals surface area (Å²) in [7, 11) is 6.23. The lowest BCUT2D eigenvalue weighted by Crippen LogP contribution is -2.45. The number of nitrogens with zero attached hydrogens (tertiary/aromatic N) is 4. The molecule has 0 radical (unpaired) electrons. The third-order valence-corrected chi connectivity index (χ3v) is 6.01. The van der Waals surface area contributed by atoms with Gasteiger partial charge in [-0.1, -0.05) is 29.8 Å². The molecule has 1 aromatic carbocycles. The fourth-order valence-corrected chi connectivity index (χ4v) is 4.58. The molecule has 2 N–H and O–H groups in total. The molecule has 2 unspecified atom stereocenters. The number of likely N-dealkylation sites (tertiary alicyclic amines) is 1. The molecule has 1 aliphatic heterocycles. The van der Waals surface area contributed by atoms with Crippen LogP contribution in [0.25, 0.3) is 0 Å². The van der Waals surface area contributed by atoms with Gasteiger partial charge in [0.1, 0.15) is 5.82 Å². The molecule has 2 atom stereocenters. The van der Waals surface area contributed by atoms with Crippen molar-refractivity contribution in [1.29, 1.82) is 0 Å². The van der Waals surface area contributed by atoms with Gasteiger partial charge < -0.3 is 15.5 Å². The Morgan fingerprint density at radius 3 is 2.84 bits per heavy atom. The number of aromatic nitrogens is 1. The molecule has 3 rings (SSSR count). The van der Waals surface area contributed by atoms with Crippen molar-refractivity contribution >= 4 is 23.4 Å². The number of nitrogens with one attached hydrogen (secondary N) is 2. The van der Waals surface area contributed by atoms with Crippen LogP contribution in [0, 0.1) is 5.92 Å². The fourth-order valence-electron chi connectivity index (χ4n) is 4.38. The lowest BCUT2D eigenvalue weighted by Gasteiger charge is -2.40. The van der Waals surface area contributed by atoms with Crippen LogP contribution in [-0.4, -0.2) is 56.6 Å². The van der Waals surface area contributed by atoms with Gasteiger partial charge in [0, 0.05) is 50.0 Å². The van der Waals surface area contributed by atoms with E-state index in [0.29, 0.717) is 18.5 Å². The topological polar surface area (TPSA) is 55.8 Å². The van der Waals surface area contributed by atoms with Gasteiger partial charge in [-0.2, -0.15) is 0 Å². The summed E-state index contributed by atoms with van der Waals surface area (Å²) in [4.78, 5) is 13.8. The van der Waals surface area contributed by atoms with Crippen molar-refractivity contribution < 1.29 is 0 Å². The first-order valence-corrected chi connectivity index (χ1v) is 11.5.